The van der Waals surface area contributed by atoms with Crippen molar-refractivity contribution in [1.82, 2.24) is 4.31 Å². The first-order chi connectivity index (χ1) is 15.3. The zero-order valence-corrected chi connectivity index (χ0v) is 19.3. The average Bonchev–Trinajstić information content (AvgIpc) is 2.80. The number of hydrogen-bond acceptors (Lipinski definition) is 4. The first kappa shape index (κ1) is 23.0. The van der Waals surface area contributed by atoms with Crippen LogP contribution in [0, 0.1) is 11.7 Å². The van der Waals surface area contributed by atoms with E-state index in [1.807, 2.05) is 0 Å². The molecule has 4 rings (SSSR count). The fourth-order valence-electron chi connectivity index (χ4n) is 4.37. The summed E-state index contributed by atoms with van der Waals surface area (Å²) in [5.41, 5.74) is 1.32. The highest BCUT2D eigenvalue weighted by molar-refractivity contribution is 7.89. The Labute approximate surface area is 193 Å². The summed E-state index contributed by atoms with van der Waals surface area (Å²) < 4.78 is 41.0. The third kappa shape index (κ3) is 5.08. The molecule has 0 atom stereocenters. The molecule has 172 valence electrons. The van der Waals surface area contributed by atoms with Crippen LogP contribution in [-0.4, -0.2) is 44.8 Å². The van der Waals surface area contributed by atoms with Gasteiger partial charge in [0, 0.05) is 37.1 Å². The lowest BCUT2D eigenvalue weighted by molar-refractivity contribution is -0.120. The van der Waals surface area contributed by atoms with Crippen LogP contribution in [0.1, 0.15) is 32.1 Å². The first-order valence-electron chi connectivity index (χ1n) is 11.0. The molecule has 0 aliphatic carbocycles. The summed E-state index contributed by atoms with van der Waals surface area (Å²) in [6.07, 6.45) is 4.15. The molecule has 0 unspecified atom stereocenters. The molecule has 0 spiro atoms. The Morgan fingerprint density at radius 1 is 0.969 bits per heavy atom. The molecule has 1 amide bonds. The molecule has 2 fully saturated rings. The minimum Gasteiger partial charge on any atom is -0.370 e. The standard InChI is InChI=1S/C23H27ClFN3O3S/c24-18-4-7-20(8-5-18)32(30,31)28-14-10-17(11-15-28)23(29)26-21-16-19(25)6-9-22(21)27-12-2-1-3-13-27/h4-9,16-17H,1-3,10-15H2,(H,26,29). The number of benzene rings is 2. The lowest BCUT2D eigenvalue weighted by Crippen LogP contribution is -2.41. The molecule has 0 radical (unpaired) electrons. The van der Waals surface area contributed by atoms with Crippen molar-refractivity contribution in [3.05, 3.63) is 53.3 Å². The predicted octanol–water partition coefficient (Wildman–Crippen LogP) is 4.51. The van der Waals surface area contributed by atoms with Crippen LogP contribution in [0.25, 0.3) is 0 Å². The highest BCUT2D eigenvalue weighted by atomic mass is 35.5. The Hall–Kier alpha value is -2.16. The van der Waals surface area contributed by atoms with Crippen molar-refractivity contribution < 1.29 is 17.6 Å². The zero-order valence-electron chi connectivity index (χ0n) is 17.8. The highest BCUT2D eigenvalue weighted by Gasteiger charge is 2.32. The van der Waals surface area contributed by atoms with Crippen molar-refractivity contribution in [1.29, 1.82) is 0 Å². The molecule has 0 aromatic heterocycles. The summed E-state index contributed by atoms with van der Waals surface area (Å²) >= 11 is 5.86. The summed E-state index contributed by atoms with van der Waals surface area (Å²) in [5, 5.41) is 3.38. The van der Waals surface area contributed by atoms with Gasteiger partial charge in [0.1, 0.15) is 5.82 Å². The van der Waals surface area contributed by atoms with Crippen LogP contribution < -0.4 is 10.2 Å². The molecule has 0 saturated carbocycles. The maximum atomic E-state index is 13.9. The van der Waals surface area contributed by atoms with Gasteiger partial charge >= 0.3 is 0 Å². The molecule has 0 bridgehead atoms. The molecular weight excluding hydrogens is 453 g/mol. The van der Waals surface area contributed by atoms with E-state index in [1.54, 1.807) is 18.2 Å². The largest absolute Gasteiger partial charge is 0.370 e. The van der Waals surface area contributed by atoms with Crippen LogP contribution >= 0.6 is 11.6 Å². The first-order valence-corrected chi connectivity index (χ1v) is 12.8. The number of hydrogen-bond donors (Lipinski definition) is 1. The van der Waals surface area contributed by atoms with Gasteiger partial charge in [0.05, 0.1) is 16.3 Å². The molecule has 1 N–H and O–H groups in total. The monoisotopic (exact) mass is 479 g/mol. The molecule has 2 aliphatic rings. The zero-order chi connectivity index (χ0) is 22.7. The van der Waals surface area contributed by atoms with Gasteiger partial charge in [-0.1, -0.05) is 11.6 Å². The fraction of sp³-hybridized carbons (Fsp3) is 0.435. The lowest BCUT2D eigenvalue weighted by Gasteiger charge is -2.32. The lowest BCUT2D eigenvalue weighted by atomic mass is 9.97. The second-order valence-electron chi connectivity index (χ2n) is 8.33. The normalized spacial score (nSPS) is 18.5. The maximum Gasteiger partial charge on any atom is 0.243 e. The van der Waals surface area contributed by atoms with E-state index in [0.717, 1.165) is 31.6 Å². The van der Waals surface area contributed by atoms with Crippen molar-refractivity contribution in [2.24, 2.45) is 5.92 Å². The summed E-state index contributed by atoms with van der Waals surface area (Å²) in [6, 6.07) is 10.6. The van der Waals surface area contributed by atoms with E-state index < -0.39 is 15.8 Å². The van der Waals surface area contributed by atoms with E-state index >= 15 is 0 Å². The van der Waals surface area contributed by atoms with Crippen molar-refractivity contribution in [2.45, 2.75) is 37.0 Å². The number of amides is 1. The van der Waals surface area contributed by atoms with Gasteiger partial charge in [-0.25, -0.2) is 12.8 Å². The van der Waals surface area contributed by atoms with E-state index in [1.165, 1.54) is 35.0 Å². The van der Waals surface area contributed by atoms with Crippen LogP contribution in [0.4, 0.5) is 15.8 Å². The summed E-state index contributed by atoms with van der Waals surface area (Å²) in [6.45, 7) is 2.28. The van der Waals surface area contributed by atoms with Gasteiger partial charge in [-0.3, -0.25) is 4.79 Å². The fourth-order valence-corrected chi connectivity index (χ4v) is 5.96. The van der Waals surface area contributed by atoms with Crippen LogP contribution in [0.15, 0.2) is 47.4 Å². The number of nitrogens with zero attached hydrogens (tertiary/aromatic N) is 2. The Bertz CT molecular complexity index is 1060. The van der Waals surface area contributed by atoms with Gasteiger partial charge in [-0.15, -0.1) is 0 Å². The number of nitrogens with one attached hydrogen (secondary N) is 1. The number of carbonyl (C=O) groups is 1. The Kier molecular flexibility index (Phi) is 7.02. The summed E-state index contributed by atoms with van der Waals surface area (Å²) in [5.74, 6) is -0.925. The minimum absolute atomic E-state index is 0.190. The van der Waals surface area contributed by atoms with Crippen molar-refractivity contribution in [3.8, 4) is 0 Å². The molecule has 2 aromatic rings. The summed E-state index contributed by atoms with van der Waals surface area (Å²) in [4.78, 5) is 15.3. The number of anilines is 2. The minimum atomic E-state index is -3.63. The van der Waals surface area contributed by atoms with E-state index in [4.69, 9.17) is 11.6 Å². The second kappa shape index (κ2) is 9.77. The van der Waals surface area contributed by atoms with Crippen molar-refractivity contribution >= 4 is 38.9 Å². The van der Waals surface area contributed by atoms with E-state index in [-0.39, 0.29) is 29.8 Å². The van der Waals surface area contributed by atoms with Crippen LogP contribution in [0.5, 0.6) is 0 Å². The van der Waals surface area contributed by atoms with E-state index in [9.17, 15) is 17.6 Å². The number of halogens is 2. The number of sulfonamides is 1. The molecule has 32 heavy (non-hydrogen) atoms. The average molecular weight is 480 g/mol. The van der Waals surface area contributed by atoms with Gasteiger partial charge < -0.3 is 10.2 Å². The Balaban J connectivity index is 1.41. The van der Waals surface area contributed by atoms with Gasteiger partial charge in [0.15, 0.2) is 0 Å². The van der Waals surface area contributed by atoms with Crippen LogP contribution in [-0.2, 0) is 14.8 Å². The summed E-state index contributed by atoms with van der Waals surface area (Å²) in [7, 11) is -3.63. The molecule has 2 aromatic carbocycles. The van der Waals surface area contributed by atoms with Crippen LogP contribution in [0.2, 0.25) is 5.02 Å². The van der Waals surface area contributed by atoms with Gasteiger partial charge in [-0.05, 0) is 74.6 Å². The quantitative estimate of drug-likeness (QED) is 0.685. The molecule has 2 aliphatic heterocycles. The molecule has 9 heteroatoms. The number of piperidine rings is 2. The van der Waals surface area contributed by atoms with E-state index in [0.29, 0.717) is 23.6 Å². The molecule has 2 heterocycles. The topological polar surface area (TPSA) is 69.7 Å². The third-order valence-electron chi connectivity index (χ3n) is 6.19. The van der Waals surface area contributed by atoms with Gasteiger partial charge in [0.25, 0.3) is 0 Å². The van der Waals surface area contributed by atoms with Crippen LogP contribution in [0.3, 0.4) is 0 Å². The number of rotatable bonds is 5. The molecule has 6 nitrogen and oxygen atoms in total. The molecule has 2 saturated heterocycles. The smallest absolute Gasteiger partial charge is 0.243 e. The predicted molar refractivity (Wildman–Crippen MR) is 124 cm³/mol. The van der Waals surface area contributed by atoms with Gasteiger partial charge in [0.2, 0.25) is 15.9 Å². The number of carbonyl (C=O) groups excluding carboxylic acids is 1. The SMILES string of the molecule is O=C(Nc1cc(F)ccc1N1CCCCC1)C1CCN(S(=O)(=O)c2ccc(Cl)cc2)CC1. The van der Waals surface area contributed by atoms with Crippen molar-refractivity contribution in [2.75, 3.05) is 36.4 Å². The van der Waals surface area contributed by atoms with Crippen molar-refractivity contribution in [3.63, 3.8) is 0 Å². The Morgan fingerprint density at radius 3 is 2.28 bits per heavy atom. The third-order valence-corrected chi connectivity index (χ3v) is 8.35. The van der Waals surface area contributed by atoms with E-state index in [2.05, 4.69) is 10.2 Å². The second-order valence-corrected chi connectivity index (χ2v) is 10.7. The highest BCUT2D eigenvalue weighted by Crippen LogP contribution is 2.31. The molecular formula is C23H27ClFN3O3S. The maximum absolute atomic E-state index is 13.9. The van der Waals surface area contributed by atoms with Gasteiger partial charge in [-0.2, -0.15) is 4.31 Å². The Morgan fingerprint density at radius 2 is 1.62 bits per heavy atom.